The van der Waals surface area contributed by atoms with E-state index in [4.69, 9.17) is 10.8 Å². The number of benzene rings is 1. The highest BCUT2D eigenvalue weighted by atomic mass is 16.4. The number of carbonyl (C=O) groups is 3. The number of rotatable bonds is 5. The molecule has 5 N–H and O–H groups in total. The molecule has 0 heterocycles. The van der Waals surface area contributed by atoms with Gasteiger partial charge in [-0.3, -0.25) is 9.59 Å². The van der Waals surface area contributed by atoms with Gasteiger partial charge in [-0.1, -0.05) is 30.3 Å². The van der Waals surface area contributed by atoms with Gasteiger partial charge in [-0.15, -0.1) is 0 Å². The van der Waals surface area contributed by atoms with Gasteiger partial charge in [-0.05, 0) is 24.3 Å². The van der Waals surface area contributed by atoms with Gasteiger partial charge in [-0.25, -0.2) is 4.79 Å². The van der Waals surface area contributed by atoms with Crippen LogP contribution in [0.4, 0.5) is 0 Å². The van der Waals surface area contributed by atoms with Crippen LogP contribution >= 0.6 is 0 Å². The van der Waals surface area contributed by atoms with Gasteiger partial charge in [0.05, 0.1) is 11.5 Å². The Balaban J connectivity index is 1.78. The Bertz CT molecular complexity index is 662. The number of hydrogen-bond donors (Lipinski definition) is 4. The Morgan fingerprint density at radius 1 is 1.22 bits per heavy atom. The summed E-state index contributed by atoms with van der Waals surface area (Å²) in [7, 11) is 0. The zero-order valence-electron chi connectivity index (χ0n) is 12.3. The van der Waals surface area contributed by atoms with Crippen molar-refractivity contribution in [3.8, 4) is 0 Å². The molecule has 5 atom stereocenters. The molecule has 1 unspecified atom stereocenters. The highest BCUT2D eigenvalue weighted by Crippen LogP contribution is 2.61. The van der Waals surface area contributed by atoms with E-state index in [-0.39, 0.29) is 5.92 Å². The second-order valence-corrected chi connectivity index (χ2v) is 6.29. The molecule has 0 aromatic heterocycles. The van der Waals surface area contributed by atoms with Crippen molar-refractivity contribution in [1.29, 1.82) is 0 Å². The number of carboxylic acids is 2. The largest absolute Gasteiger partial charge is 0.481 e. The molecular formula is C16H18N2O5. The predicted molar refractivity (Wildman–Crippen MR) is 79.2 cm³/mol. The van der Waals surface area contributed by atoms with Crippen molar-refractivity contribution in [2.24, 2.45) is 23.5 Å². The first-order chi connectivity index (χ1) is 10.9. The minimum Gasteiger partial charge on any atom is -0.481 e. The first-order valence-corrected chi connectivity index (χ1v) is 7.46. The molecule has 122 valence electrons. The summed E-state index contributed by atoms with van der Waals surface area (Å²) >= 11 is 0. The molecule has 2 aliphatic carbocycles. The van der Waals surface area contributed by atoms with Crippen LogP contribution in [0.1, 0.15) is 24.4 Å². The maximum atomic E-state index is 12.6. The van der Waals surface area contributed by atoms with E-state index in [2.05, 4.69) is 5.32 Å². The molecule has 0 saturated heterocycles. The molecule has 7 heteroatoms. The normalized spacial score (nSPS) is 32.7. The van der Waals surface area contributed by atoms with Crippen molar-refractivity contribution < 1.29 is 24.6 Å². The first kappa shape index (κ1) is 15.5. The quantitative estimate of drug-likeness (QED) is 0.620. The summed E-state index contributed by atoms with van der Waals surface area (Å²) < 4.78 is 0. The molecule has 2 saturated carbocycles. The van der Waals surface area contributed by atoms with E-state index < -0.39 is 41.3 Å². The van der Waals surface area contributed by atoms with Crippen LogP contribution in [0.15, 0.2) is 30.3 Å². The number of nitrogens with one attached hydrogen (secondary N) is 1. The van der Waals surface area contributed by atoms with E-state index in [0.29, 0.717) is 18.4 Å². The zero-order chi connectivity index (χ0) is 16.8. The monoisotopic (exact) mass is 318 g/mol. The third kappa shape index (κ3) is 2.46. The smallest absolute Gasteiger partial charge is 0.330 e. The molecule has 3 rings (SSSR count). The fraction of sp³-hybridized carbons (Fsp3) is 0.438. The Morgan fingerprint density at radius 2 is 1.87 bits per heavy atom. The number of hydrogen-bond acceptors (Lipinski definition) is 4. The lowest BCUT2D eigenvalue weighted by Gasteiger charge is -2.28. The summed E-state index contributed by atoms with van der Waals surface area (Å²) in [5.41, 5.74) is 5.31. The second kappa shape index (κ2) is 5.34. The van der Waals surface area contributed by atoms with Gasteiger partial charge < -0.3 is 21.3 Å². The summed E-state index contributed by atoms with van der Waals surface area (Å²) in [6.45, 7) is 0. The van der Waals surface area contributed by atoms with Crippen molar-refractivity contribution in [2.75, 3.05) is 0 Å². The van der Waals surface area contributed by atoms with Crippen LogP contribution in [-0.4, -0.2) is 33.6 Å². The minimum atomic E-state index is -1.31. The maximum Gasteiger partial charge on any atom is 0.330 e. The summed E-state index contributed by atoms with van der Waals surface area (Å²) in [6, 6.07) is 7.13. The Labute approximate surface area is 132 Å². The van der Waals surface area contributed by atoms with Crippen molar-refractivity contribution in [1.82, 2.24) is 5.32 Å². The van der Waals surface area contributed by atoms with Gasteiger partial charge in [0.15, 0.2) is 6.04 Å². The zero-order valence-corrected chi connectivity index (χ0v) is 12.3. The van der Waals surface area contributed by atoms with E-state index in [1.54, 1.807) is 30.3 Å². The van der Waals surface area contributed by atoms with Crippen LogP contribution in [0.3, 0.4) is 0 Å². The SMILES string of the molecule is N[C@@]1(C(=O)NC(C(=O)O)c2ccccc2)CC[C@H]2[C@H](C(=O)O)[C@H]21. The maximum absolute atomic E-state index is 12.6. The molecule has 2 fully saturated rings. The molecule has 0 bridgehead atoms. The van der Waals surface area contributed by atoms with Crippen LogP contribution in [0.25, 0.3) is 0 Å². The lowest BCUT2D eigenvalue weighted by molar-refractivity contribution is -0.144. The van der Waals surface area contributed by atoms with Gasteiger partial charge in [0, 0.05) is 5.92 Å². The van der Waals surface area contributed by atoms with Crippen molar-refractivity contribution in [2.45, 2.75) is 24.4 Å². The average Bonchev–Trinajstić information content (AvgIpc) is 3.17. The van der Waals surface area contributed by atoms with Crippen molar-refractivity contribution >= 4 is 17.8 Å². The molecule has 23 heavy (non-hydrogen) atoms. The number of nitrogens with two attached hydrogens (primary N) is 1. The number of carbonyl (C=O) groups excluding carboxylic acids is 1. The molecule has 1 amide bonds. The van der Waals surface area contributed by atoms with Crippen LogP contribution in [-0.2, 0) is 14.4 Å². The highest BCUT2D eigenvalue weighted by Gasteiger charge is 2.69. The predicted octanol–water partition coefficient (Wildman–Crippen LogP) is 0.367. The molecule has 0 spiro atoms. The van der Waals surface area contributed by atoms with Crippen molar-refractivity contribution in [3.05, 3.63) is 35.9 Å². The molecule has 0 aliphatic heterocycles. The second-order valence-electron chi connectivity index (χ2n) is 6.29. The lowest BCUT2D eigenvalue weighted by Crippen LogP contribution is -2.56. The standard InChI is InChI=1S/C16H18N2O5/c17-16(7-6-9-10(11(9)16)13(19)20)15(23)18-12(14(21)22)8-4-2-1-3-5-8/h1-5,9-12H,6-7,17H2,(H,18,23)(H,19,20)(H,21,22)/t9-,10-,11-,12?,16-/m0/s1. The lowest BCUT2D eigenvalue weighted by atomic mass is 9.89. The fourth-order valence-electron chi connectivity index (χ4n) is 3.81. The number of fused-ring (bicyclic) bond motifs is 1. The molecule has 7 nitrogen and oxygen atoms in total. The Kier molecular flexibility index (Phi) is 3.60. The van der Waals surface area contributed by atoms with E-state index >= 15 is 0 Å². The number of carboxylic acid groups (broad SMARTS) is 2. The molecule has 0 radical (unpaired) electrons. The summed E-state index contributed by atoms with van der Waals surface area (Å²) in [4.78, 5) is 35.2. The van der Waals surface area contributed by atoms with Crippen LogP contribution in [0.2, 0.25) is 0 Å². The molecule has 2 aliphatic rings. The van der Waals surface area contributed by atoms with Crippen LogP contribution in [0.5, 0.6) is 0 Å². The number of amides is 1. The van der Waals surface area contributed by atoms with E-state index in [1.165, 1.54) is 0 Å². The van der Waals surface area contributed by atoms with Gasteiger partial charge in [0.1, 0.15) is 0 Å². The molecule has 1 aromatic carbocycles. The molecule has 1 aromatic rings. The third-order valence-corrected chi connectivity index (χ3v) is 5.02. The topological polar surface area (TPSA) is 130 Å². The highest BCUT2D eigenvalue weighted by molar-refractivity contribution is 5.93. The third-order valence-electron chi connectivity index (χ3n) is 5.02. The van der Waals surface area contributed by atoms with Crippen LogP contribution < -0.4 is 11.1 Å². The van der Waals surface area contributed by atoms with Crippen molar-refractivity contribution in [3.63, 3.8) is 0 Å². The first-order valence-electron chi connectivity index (χ1n) is 7.46. The van der Waals surface area contributed by atoms with Gasteiger partial charge in [-0.2, -0.15) is 0 Å². The van der Waals surface area contributed by atoms with E-state index in [1.807, 2.05) is 0 Å². The number of aliphatic carboxylic acids is 2. The minimum absolute atomic E-state index is 0.0803. The Morgan fingerprint density at radius 3 is 2.39 bits per heavy atom. The summed E-state index contributed by atoms with van der Waals surface area (Å²) in [5.74, 6) is -3.81. The summed E-state index contributed by atoms with van der Waals surface area (Å²) in [5, 5.41) is 21.0. The fourth-order valence-corrected chi connectivity index (χ4v) is 3.81. The van der Waals surface area contributed by atoms with Crippen LogP contribution in [0, 0.1) is 17.8 Å². The molecular weight excluding hydrogens is 300 g/mol. The van der Waals surface area contributed by atoms with Gasteiger partial charge in [0.25, 0.3) is 0 Å². The van der Waals surface area contributed by atoms with E-state index in [9.17, 15) is 19.5 Å². The Hall–Kier alpha value is -2.41. The average molecular weight is 318 g/mol. The van der Waals surface area contributed by atoms with Gasteiger partial charge in [0.2, 0.25) is 5.91 Å². The van der Waals surface area contributed by atoms with Gasteiger partial charge >= 0.3 is 11.9 Å². The summed E-state index contributed by atoms with van der Waals surface area (Å²) in [6.07, 6.45) is 0.952. The van der Waals surface area contributed by atoms with E-state index in [0.717, 1.165) is 0 Å².